The maximum atomic E-state index is 8.30. The molecule has 0 bridgehead atoms. The highest BCUT2D eigenvalue weighted by Gasteiger charge is 2.40. The van der Waals surface area contributed by atoms with Crippen LogP contribution >= 0.6 is 0 Å². The molecule has 1 aliphatic rings. The Labute approximate surface area is 192 Å². The molecule has 1 aliphatic carbocycles. The number of nitrogens with zero attached hydrogens (tertiary/aromatic N) is 2. The number of hydrogen-bond donors (Lipinski definition) is 0. The average Bonchev–Trinajstić information content (AvgIpc) is 3.15. The third-order valence-electron chi connectivity index (χ3n) is 7.21. The molecule has 1 aromatic carbocycles. The molecule has 160 valence electrons. The van der Waals surface area contributed by atoms with Gasteiger partial charge in [0.25, 0.3) is 0 Å². The SMILES string of the molecule is [2H]C([2H])([2H])C([2H])([2H])c1cc[n+](C)c(-c2c(C)ccc3c2oc2ncc4c(c23)C(C)(C)CCC4(C)C)c1. The zero-order chi connectivity index (χ0) is 26.4. The van der Waals surface area contributed by atoms with E-state index in [4.69, 9.17) is 16.3 Å². The van der Waals surface area contributed by atoms with Crippen LogP contribution in [0.25, 0.3) is 33.3 Å². The topological polar surface area (TPSA) is 29.9 Å². The molecule has 0 saturated carbocycles. The van der Waals surface area contributed by atoms with Crippen LogP contribution in [0, 0.1) is 6.92 Å². The normalized spacial score (nSPS) is 20.5. The lowest BCUT2D eigenvalue weighted by atomic mass is 9.63. The molecule has 0 atom stereocenters. The minimum Gasteiger partial charge on any atom is -0.437 e. The Bertz CT molecular complexity index is 1530. The second-order valence-electron chi connectivity index (χ2n) is 10.3. The van der Waals surface area contributed by atoms with Crippen LogP contribution in [0.4, 0.5) is 0 Å². The zero-order valence-corrected chi connectivity index (χ0v) is 19.2. The van der Waals surface area contributed by atoms with Gasteiger partial charge in [-0.3, -0.25) is 0 Å². The number of fused-ring (bicyclic) bond motifs is 5. The van der Waals surface area contributed by atoms with E-state index in [9.17, 15) is 0 Å². The number of pyridine rings is 2. The van der Waals surface area contributed by atoms with Gasteiger partial charge < -0.3 is 4.42 Å². The van der Waals surface area contributed by atoms with Gasteiger partial charge in [0.2, 0.25) is 11.4 Å². The summed E-state index contributed by atoms with van der Waals surface area (Å²) in [4.78, 5) is 4.76. The van der Waals surface area contributed by atoms with E-state index in [0.717, 1.165) is 34.7 Å². The summed E-state index contributed by atoms with van der Waals surface area (Å²) in [6.45, 7) is 8.33. The van der Waals surface area contributed by atoms with Gasteiger partial charge in [-0.1, -0.05) is 46.7 Å². The van der Waals surface area contributed by atoms with Crippen molar-refractivity contribution in [3.05, 3.63) is 58.9 Å². The Morgan fingerprint density at radius 1 is 1.16 bits per heavy atom. The van der Waals surface area contributed by atoms with Gasteiger partial charge >= 0.3 is 0 Å². The van der Waals surface area contributed by atoms with Gasteiger partial charge in [0, 0.05) is 30.6 Å². The summed E-state index contributed by atoms with van der Waals surface area (Å²) < 4.78 is 48.1. The second kappa shape index (κ2) is 6.66. The molecule has 3 nitrogen and oxygen atoms in total. The molecule has 0 unspecified atom stereocenters. The van der Waals surface area contributed by atoms with E-state index in [1.165, 1.54) is 17.2 Å². The third kappa shape index (κ3) is 2.93. The Kier molecular flexibility index (Phi) is 3.26. The molecule has 0 aliphatic heterocycles. The highest BCUT2D eigenvalue weighted by Crippen LogP contribution is 2.50. The summed E-state index contributed by atoms with van der Waals surface area (Å²) in [5.74, 6) is 0. The monoisotopic (exact) mass is 418 g/mol. The number of rotatable bonds is 2. The fraction of sp³-hybridized carbons (Fsp3) is 0.429. The lowest BCUT2D eigenvalue weighted by molar-refractivity contribution is -0.660. The molecule has 31 heavy (non-hydrogen) atoms. The van der Waals surface area contributed by atoms with Crippen molar-refractivity contribution in [2.45, 2.75) is 71.5 Å². The first kappa shape index (κ1) is 15.2. The number of hydrogen-bond acceptors (Lipinski definition) is 2. The Morgan fingerprint density at radius 3 is 2.71 bits per heavy atom. The van der Waals surface area contributed by atoms with Crippen LogP contribution in [0.1, 0.15) is 76.5 Å². The maximum absolute atomic E-state index is 8.30. The van der Waals surface area contributed by atoms with Crippen LogP contribution in [0.3, 0.4) is 0 Å². The van der Waals surface area contributed by atoms with Crippen molar-refractivity contribution < 1.29 is 15.8 Å². The smallest absolute Gasteiger partial charge is 0.227 e. The van der Waals surface area contributed by atoms with Gasteiger partial charge in [0.05, 0.1) is 10.9 Å². The molecule has 0 N–H and O–H groups in total. The average molecular weight is 419 g/mol. The molecular formula is C28H33N2O+. The number of benzene rings is 1. The summed E-state index contributed by atoms with van der Waals surface area (Å²) in [5, 5.41) is 2.02. The molecule has 0 radical (unpaired) electrons. The fourth-order valence-corrected chi connectivity index (χ4v) is 5.22. The van der Waals surface area contributed by atoms with Crippen LogP contribution in [0.15, 0.2) is 41.1 Å². The molecule has 4 aromatic rings. The number of aromatic nitrogens is 2. The van der Waals surface area contributed by atoms with E-state index in [0.29, 0.717) is 17.0 Å². The van der Waals surface area contributed by atoms with E-state index >= 15 is 0 Å². The standard InChI is InChI=1S/C28H33N2O/c1-8-18-11-14-30(7)21(15-18)22-17(2)9-10-19-23-24-20(16-29-26(23)31-25(19)22)27(3,4)12-13-28(24,5)6/h9-11,14-16H,8,12-13H2,1-7H3/q+1/i1D3,8D2. The summed E-state index contributed by atoms with van der Waals surface area (Å²) in [7, 11) is 1.87. The van der Waals surface area contributed by atoms with Gasteiger partial charge in [-0.05, 0) is 59.2 Å². The summed E-state index contributed by atoms with van der Waals surface area (Å²) >= 11 is 0. The summed E-state index contributed by atoms with van der Waals surface area (Å²) in [6.07, 6.45) is 3.36. The van der Waals surface area contributed by atoms with E-state index in [2.05, 4.69) is 39.8 Å². The minimum absolute atomic E-state index is 0.0186. The third-order valence-corrected chi connectivity index (χ3v) is 7.21. The van der Waals surface area contributed by atoms with Crippen molar-refractivity contribution in [3.63, 3.8) is 0 Å². The molecule has 0 amide bonds. The highest BCUT2D eigenvalue weighted by atomic mass is 16.3. The fourth-order valence-electron chi connectivity index (χ4n) is 5.22. The molecule has 0 spiro atoms. The highest BCUT2D eigenvalue weighted by molar-refractivity contribution is 6.11. The largest absolute Gasteiger partial charge is 0.437 e. The van der Waals surface area contributed by atoms with E-state index in [1.807, 2.05) is 24.7 Å². The van der Waals surface area contributed by atoms with Crippen molar-refractivity contribution in [2.75, 3.05) is 0 Å². The van der Waals surface area contributed by atoms with E-state index in [-0.39, 0.29) is 16.4 Å². The maximum Gasteiger partial charge on any atom is 0.227 e. The molecule has 0 fully saturated rings. The molecule has 3 aromatic heterocycles. The van der Waals surface area contributed by atoms with Gasteiger partial charge in [-0.15, -0.1) is 0 Å². The van der Waals surface area contributed by atoms with Crippen LogP contribution < -0.4 is 4.57 Å². The van der Waals surface area contributed by atoms with Crippen LogP contribution in [-0.4, -0.2) is 4.98 Å². The second-order valence-corrected chi connectivity index (χ2v) is 10.3. The zero-order valence-electron chi connectivity index (χ0n) is 24.2. The van der Waals surface area contributed by atoms with Crippen molar-refractivity contribution in [1.82, 2.24) is 4.98 Å². The predicted octanol–water partition coefficient (Wildman–Crippen LogP) is 6.69. The van der Waals surface area contributed by atoms with Gasteiger partial charge in [-0.2, -0.15) is 0 Å². The quantitative estimate of drug-likeness (QED) is 0.339. The Balaban J connectivity index is 1.85. The molecule has 3 heterocycles. The van der Waals surface area contributed by atoms with Gasteiger partial charge in [0.15, 0.2) is 11.8 Å². The molecule has 0 saturated heterocycles. The van der Waals surface area contributed by atoms with Crippen LogP contribution in [0.5, 0.6) is 0 Å². The Hall–Kier alpha value is -2.68. The van der Waals surface area contributed by atoms with Crippen LogP contribution in [0.2, 0.25) is 0 Å². The van der Waals surface area contributed by atoms with E-state index in [1.54, 1.807) is 12.3 Å². The van der Waals surface area contributed by atoms with E-state index < -0.39 is 13.2 Å². The number of aryl methyl sites for hydroxylation is 3. The van der Waals surface area contributed by atoms with Crippen molar-refractivity contribution in [3.8, 4) is 11.3 Å². The Morgan fingerprint density at radius 2 is 1.94 bits per heavy atom. The minimum atomic E-state index is -2.79. The molecule has 3 heteroatoms. The lowest BCUT2D eigenvalue weighted by Crippen LogP contribution is -2.34. The van der Waals surface area contributed by atoms with Crippen LogP contribution in [-0.2, 0) is 24.3 Å². The summed E-state index contributed by atoms with van der Waals surface area (Å²) in [6, 6.07) is 7.31. The lowest BCUT2D eigenvalue weighted by Gasteiger charge is -2.41. The van der Waals surface area contributed by atoms with Crippen molar-refractivity contribution in [2.24, 2.45) is 7.05 Å². The predicted molar refractivity (Wildman–Crippen MR) is 128 cm³/mol. The summed E-state index contributed by atoms with van der Waals surface area (Å²) in [5.41, 5.74) is 6.39. The first-order valence-electron chi connectivity index (χ1n) is 13.4. The van der Waals surface area contributed by atoms with Crippen molar-refractivity contribution in [1.29, 1.82) is 0 Å². The molecular weight excluding hydrogens is 380 g/mol. The molecule has 5 rings (SSSR count). The first-order chi connectivity index (χ1) is 16.6. The first-order valence-corrected chi connectivity index (χ1v) is 10.9. The van der Waals surface area contributed by atoms with Gasteiger partial charge in [-0.25, -0.2) is 9.55 Å². The number of furan rings is 1. The van der Waals surface area contributed by atoms with Gasteiger partial charge in [0.1, 0.15) is 7.05 Å². The van der Waals surface area contributed by atoms with Crippen molar-refractivity contribution >= 4 is 22.1 Å².